The number of carbonyl (C=O) groups excluding carboxylic acids is 1. The Morgan fingerprint density at radius 3 is 2.39 bits per heavy atom. The van der Waals surface area contributed by atoms with Crippen LogP contribution in [0.25, 0.3) is 10.8 Å². The molecule has 2 aromatic rings. The number of aliphatic carboxylic acids is 1. The van der Waals surface area contributed by atoms with Crippen molar-refractivity contribution in [3.8, 4) is 5.75 Å². The molecule has 0 bridgehead atoms. The summed E-state index contributed by atoms with van der Waals surface area (Å²) >= 11 is 0. The largest absolute Gasteiger partial charge is 1.00 e. The van der Waals surface area contributed by atoms with Crippen LogP contribution in [-0.2, 0) is 4.79 Å². The van der Waals surface area contributed by atoms with E-state index in [1.165, 1.54) is 16.3 Å². The van der Waals surface area contributed by atoms with Gasteiger partial charge in [0, 0.05) is 5.97 Å². The monoisotopic (exact) mass is 254 g/mol. The average Bonchev–Trinajstić information content (AvgIpc) is 2.28. The molecule has 0 unspecified atom stereocenters. The van der Waals surface area contributed by atoms with E-state index in [-0.39, 0.29) is 29.6 Å². The Kier molecular flexibility index (Phi) is 7.67. The molecule has 0 aliphatic carbocycles. The molecule has 0 aliphatic heterocycles. The second kappa shape index (κ2) is 8.14. The topological polar surface area (TPSA) is 49.4 Å². The molecule has 0 N–H and O–H groups in total. The molecule has 2 rings (SSSR count). The van der Waals surface area contributed by atoms with Gasteiger partial charge in [0.25, 0.3) is 0 Å². The molecule has 0 aliphatic rings. The molecular formula is C14H15NaO3. The third-order valence-corrected chi connectivity index (χ3v) is 2.31. The summed E-state index contributed by atoms with van der Waals surface area (Å²) in [5.74, 6) is -0.168. The molecule has 0 aromatic heterocycles. The Morgan fingerprint density at radius 1 is 1.22 bits per heavy atom. The van der Waals surface area contributed by atoms with Crippen molar-refractivity contribution in [1.29, 1.82) is 0 Å². The van der Waals surface area contributed by atoms with Crippen LogP contribution in [-0.4, -0.2) is 13.1 Å². The summed E-state index contributed by atoms with van der Waals surface area (Å²) in [6, 6.07) is 12.4. The predicted molar refractivity (Wildman–Crippen MR) is 65.9 cm³/mol. The van der Waals surface area contributed by atoms with Crippen molar-refractivity contribution in [1.82, 2.24) is 0 Å². The summed E-state index contributed by atoms with van der Waals surface area (Å²) in [4.78, 5) is 8.89. The van der Waals surface area contributed by atoms with Crippen molar-refractivity contribution in [3.05, 3.63) is 42.0 Å². The minimum Gasteiger partial charge on any atom is -0.550 e. The number of hydrogen-bond donors (Lipinski definition) is 0. The average molecular weight is 254 g/mol. The van der Waals surface area contributed by atoms with E-state index in [0.717, 1.165) is 12.7 Å². The second-order valence-electron chi connectivity index (χ2n) is 3.65. The fourth-order valence-corrected chi connectivity index (χ4v) is 1.55. The quantitative estimate of drug-likeness (QED) is 0.608. The van der Waals surface area contributed by atoms with Crippen molar-refractivity contribution in [3.63, 3.8) is 0 Å². The van der Waals surface area contributed by atoms with Crippen molar-refractivity contribution in [2.75, 3.05) is 7.11 Å². The van der Waals surface area contributed by atoms with E-state index >= 15 is 0 Å². The summed E-state index contributed by atoms with van der Waals surface area (Å²) < 4.78 is 5.16. The maximum atomic E-state index is 8.89. The minimum atomic E-state index is -1.08. The first-order chi connectivity index (χ1) is 8.04. The number of methoxy groups -OCH3 is 1. The van der Waals surface area contributed by atoms with E-state index in [2.05, 4.69) is 37.3 Å². The number of fused-ring (bicyclic) bond motifs is 1. The zero-order valence-electron chi connectivity index (χ0n) is 11.2. The summed E-state index contributed by atoms with van der Waals surface area (Å²) in [6.07, 6.45) is 0. The van der Waals surface area contributed by atoms with Gasteiger partial charge in [-0.1, -0.05) is 24.3 Å². The SMILES string of the molecule is CC(=O)[O-].COc1ccc2c(C)cccc2c1.[Na+]. The summed E-state index contributed by atoms with van der Waals surface area (Å²) in [5.41, 5.74) is 1.31. The summed E-state index contributed by atoms with van der Waals surface area (Å²) in [7, 11) is 1.69. The Labute approximate surface area is 129 Å². The Morgan fingerprint density at radius 2 is 1.83 bits per heavy atom. The molecular weight excluding hydrogens is 239 g/mol. The van der Waals surface area contributed by atoms with Crippen LogP contribution >= 0.6 is 0 Å². The number of ether oxygens (including phenoxy) is 1. The van der Waals surface area contributed by atoms with E-state index in [4.69, 9.17) is 14.6 Å². The van der Waals surface area contributed by atoms with Gasteiger partial charge in [0.2, 0.25) is 0 Å². The third-order valence-electron chi connectivity index (χ3n) is 2.31. The number of aryl methyl sites for hydroxylation is 1. The fourth-order valence-electron chi connectivity index (χ4n) is 1.55. The molecule has 0 saturated heterocycles. The molecule has 0 fully saturated rings. The molecule has 0 atom stereocenters. The van der Waals surface area contributed by atoms with Crippen molar-refractivity contribution in [2.45, 2.75) is 13.8 Å². The second-order valence-corrected chi connectivity index (χ2v) is 3.65. The van der Waals surface area contributed by atoms with Crippen molar-refractivity contribution < 1.29 is 44.2 Å². The number of carbonyl (C=O) groups is 1. The zero-order chi connectivity index (χ0) is 12.8. The standard InChI is InChI=1S/C12H12O.C2H4O2.Na/c1-9-4-3-5-10-8-11(13-2)6-7-12(9)10;1-2(3)4;/h3-8H,1-2H3;1H3,(H,3,4);/q;;+1/p-1. The first-order valence-corrected chi connectivity index (χ1v) is 5.25. The molecule has 2 aromatic carbocycles. The van der Waals surface area contributed by atoms with Gasteiger partial charge in [0.1, 0.15) is 5.75 Å². The molecule has 4 heteroatoms. The summed E-state index contributed by atoms with van der Waals surface area (Å²) in [6.45, 7) is 3.09. The van der Waals surface area contributed by atoms with Crippen LogP contribution in [0.3, 0.4) is 0 Å². The molecule has 0 amide bonds. The van der Waals surface area contributed by atoms with Gasteiger partial charge in [0.15, 0.2) is 0 Å². The van der Waals surface area contributed by atoms with Crippen LogP contribution < -0.4 is 39.4 Å². The van der Waals surface area contributed by atoms with Gasteiger partial charge in [-0.15, -0.1) is 0 Å². The number of carboxylic acid groups (broad SMARTS) is 1. The van der Waals surface area contributed by atoms with Gasteiger partial charge in [-0.3, -0.25) is 0 Å². The Balaban J connectivity index is 0.000000512. The predicted octanol–water partition coefficient (Wildman–Crippen LogP) is -1.08. The van der Waals surface area contributed by atoms with E-state index in [0.29, 0.717) is 0 Å². The van der Waals surface area contributed by atoms with Crippen LogP contribution in [0.2, 0.25) is 0 Å². The van der Waals surface area contributed by atoms with Crippen LogP contribution in [0.1, 0.15) is 12.5 Å². The van der Waals surface area contributed by atoms with Crippen molar-refractivity contribution >= 4 is 16.7 Å². The van der Waals surface area contributed by atoms with Gasteiger partial charge in [-0.05, 0) is 42.3 Å². The Bertz CT molecular complexity index is 519. The Hall–Kier alpha value is -1.03. The van der Waals surface area contributed by atoms with Crippen LogP contribution in [0.4, 0.5) is 0 Å². The first-order valence-electron chi connectivity index (χ1n) is 5.25. The molecule has 0 radical (unpaired) electrons. The van der Waals surface area contributed by atoms with Gasteiger partial charge < -0.3 is 14.6 Å². The normalized spacial score (nSPS) is 8.83. The van der Waals surface area contributed by atoms with Gasteiger partial charge in [0.05, 0.1) is 7.11 Å². The van der Waals surface area contributed by atoms with Gasteiger partial charge in [-0.25, -0.2) is 0 Å². The van der Waals surface area contributed by atoms with E-state index < -0.39 is 5.97 Å². The number of rotatable bonds is 1. The van der Waals surface area contributed by atoms with E-state index in [1.807, 2.05) is 6.07 Å². The minimum absolute atomic E-state index is 0. The van der Waals surface area contributed by atoms with E-state index in [1.54, 1.807) is 7.11 Å². The van der Waals surface area contributed by atoms with Crippen LogP contribution in [0, 0.1) is 6.92 Å². The van der Waals surface area contributed by atoms with Gasteiger partial charge in [-0.2, -0.15) is 0 Å². The molecule has 18 heavy (non-hydrogen) atoms. The molecule has 0 saturated carbocycles. The molecule has 90 valence electrons. The smallest absolute Gasteiger partial charge is 0.550 e. The van der Waals surface area contributed by atoms with Crippen LogP contribution in [0.5, 0.6) is 5.75 Å². The zero-order valence-corrected chi connectivity index (χ0v) is 13.2. The third kappa shape index (κ3) is 5.08. The number of benzene rings is 2. The maximum absolute atomic E-state index is 8.89. The molecule has 0 spiro atoms. The first kappa shape index (κ1) is 17.0. The fraction of sp³-hybridized carbons (Fsp3) is 0.214. The van der Waals surface area contributed by atoms with Crippen LogP contribution in [0.15, 0.2) is 36.4 Å². The molecule has 3 nitrogen and oxygen atoms in total. The van der Waals surface area contributed by atoms with E-state index in [9.17, 15) is 0 Å². The van der Waals surface area contributed by atoms with Gasteiger partial charge >= 0.3 is 29.6 Å². The maximum Gasteiger partial charge on any atom is 1.00 e. The van der Waals surface area contributed by atoms with Crippen molar-refractivity contribution in [2.24, 2.45) is 0 Å². The number of hydrogen-bond acceptors (Lipinski definition) is 3. The number of carboxylic acids is 1. The summed E-state index contributed by atoms with van der Waals surface area (Å²) in [5, 5.41) is 11.4. The molecule has 0 heterocycles.